The highest BCUT2D eigenvalue weighted by Gasteiger charge is 2.36. The van der Waals surface area contributed by atoms with Gasteiger partial charge in [0.2, 0.25) is 5.91 Å². The van der Waals surface area contributed by atoms with Crippen LogP contribution in [0.5, 0.6) is 0 Å². The first-order valence-corrected chi connectivity index (χ1v) is 8.84. The van der Waals surface area contributed by atoms with Gasteiger partial charge >= 0.3 is 5.97 Å². The van der Waals surface area contributed by atoms with E-state index in [1.165, 1.54) is 6.42 Å². The molecule has 3 unspecified atom stereocenters. The van der Waals surface area contributed by atoms with Crippen molar-refractivity contribution >= 4 is 11.9 Å². The standard InChI is InChI=1S/C18H34N2O3/c1-12(2)10-15(16(21)22)19-17(23)18(5,6)11-20-13(3)8-7-9-14(20)4/h12-15H,7-11H2,1-6H3,(H,19,23)(H,21,22). The number of aliphatic carboxylic acids is 1. The maximum absolute atomic E-state index is 12.6. The summed E-state index contributed by atoms with van der Waals surface area (Å²) < 4.78 is 0. The first kappa shape index (κ1) is 19.9. The van der Waals surface area contributed by atoms with E-state index in [9.17, 15) is 14.7 Å². The highest BCUT2D eigenvalue weighted by Crippen LogP contribution is 2.28. The summed E-state index contributed by atoms with van der Waals surface area (Å²) in [5.74, 6) is -0.903. The summed E-state index contributed by atoms with van der Waals surface area (Å²) in [6, 6.07) is 0.131. The number of hydrogen-bond acceptors (Lipinski definition) is 3. The molecule has 1 aliphatic heterocycles. The number of likely N-dealkylation sites (tertiary alicyclic amines) is 1. The van der Waals surface area contributed by atoms with E-state index in [1.54, 1.807) is 0 Å². The molecule has 1 fully saturated rings. The monoisotopic (exact) mass is 326 g/mol. The summed E-state index contributed by atoms with van der Waals surface area (Å²) in [4.78, 5) is 26.4. The number of nitrogens with zero attached hydrogens (tertiary/aromatic N) is 1. The third-order valence-electron chi connectivity index (χ3n) is 4.88. The molecule has 5 heteroatoms. The van der Waals surface area contributed by atoms with Gasteiger partial charge in [0.25, 0.3) is 0 Å². The third kappa shape index (κ3) is 5.79. The molecule has 2 N–H and O–H groups in total. The molecule has 5 nitrogen and oxygen atoms in total. The lowest BCUT2D eigenvalue weighted by atomic mass is 9.87. The van der Waals surface area contributed by atoms with Crippen LogP contribution in [0.4, 0.5) is 0 Å². The van der Waals surface area contributed by atoms with Crippen LogP contribution in [0, 0.1) is 11.3 Å². The molecule has 0 radical (unpaired) electrons. The zero-order valence-corrected chi connectivity index (χ0v) is 15.6. The minimum atomic E-state index is -0.956. The molecule has 1 heterocycles. The van der Waals surface area contributed by atoms with Crippen LogP contribution < -0.4 is 5.32 Å². The molecule has 0 aromatic rings. The van der Waals surface area contributed by atoms with Crippen molar-refractivity contribution < 1.29 is 14.7 Å². The Kier molecular flexibility index (Phi) is 7.05. The van der Waals surface area contributed by atoms with E-state index >= 15 is 0 Å². The van der Waals surface area contributed by atoms with Crippen LogP contribution in [-0.2, 0) is 9.59 Å². The van der Waals surface area contributed by atoms with E-state index in [4.69, 9.17) is 0 Å². The Bertz CT molecular complexity index is 410. The highest BCUT2D eigenvalue weighted by atomic mass is 16.4. The predicted octanol–water partition coefficient (Wildman–Crippen LogP) is 2.89. The van der Waals surface area contributed by atoms with Crippen molar-refractivity contribution in [2.45, 2.75) is 85.4 Å². The second kappa shape index (κ2) is 8.13. The van der Waals surface area contributed by atoms with E-state index < -0.39 is 17.4 Å². The largest absolute Gasteiger partial charge is 0.480 e. The van der Waals surface area contributed by atoms with Gasteiger partial charge in [-0.1, -0.05) is 20.3 Å². The van der Waals surface area contributed by atoms with Crippen LogP contribution in [-0.4, -0.2) is 46.6 Å². The molecular weight excluding hydrogens is 292 g/mol. The van der Waals surface area contributed by atoms with Crippen molar-refractivity contribution in [2.75, 3.05) is 6.54 Å². The topological polar surface area (TPSA) is 69.6 Å². The van der Waals surface area contributed by atoms with Gasteiger partial charge in [-0.3, -0.25) is 9.69 Å². The van der Waals surface area contributed by atoms with Gasteiger partial charge in [-0.2, -0.15) is 0 Å². The lowest BCUT2D eigenvalue weighted by Gasteiger charge is -2.43. The number of hydrogen-bond donors (Lipinski definition) is 2. The molecule has 1 aliphatic rings. The van der Waals surface area contributed by atoms with Gasteiger partial charge in [0.15, 0.2) is 0 Å². The van der Waals surface area contributed by atoms with E-state index in [0.717, 1.165) is 12.8 Å². The van der Waals surface area contributed by atoms with E-state index in [2.05, 4.69) is 24.1 Å². The minimum Gasteiger partial charge on any atom is -0.480 e. The number of carbonyl (C=O) groups excluding carboxylic acids is 1. The molecule has 23 heavy (non-hydrogen) atoms. The number of carboxylic acids is 1. The fraction of sp³-hybridized carbons (Fsp3) is 0.889. The Morgan fingerprint density at radius 3 is 2.17 bits per heavy atom. The Balaban J connectivity index is 2.73. The van der Waals surface area contributed by atoms with E-state index in [-0.39, 0.29) is 11.8 Å². The fourth-order valence-corrected chi connectivity index (χ4v) is 3.36. The summed E-state index contributed by atoms with van der Waals surface area (Å²) in [6.07, 6.45) is 4.01. The quantitative estimate of drug-likeness (QED) is 0.755. The van der Waals surface area contributed by atoms with Gasteiger partial charge in [-0.15, -0.1) is 0 Å². The molecular formula is C18H34N2O3. The highest BCUT2D eigenvalue weighted by molar-refractivity contribution is 5.87. The van der Waals surface area contributed by atoms with Crippen LogP contribution in [0.2, 0.25) is 0 Å². The number of carboxylic acid groups (broad SMARTS) is 1. The van der Waals surface area contributed by atoms with Gasteiger partial charge in [0, 0.05) is 18.6 Å². The van der Waals surface area contributed by atoms with Crippen LogP contribution in [0.3, 0.4) is 0 Å². The SMILES string of the molecule is CC(C)CC(NC(=O)C(C)(C)CN1C(C)CCCC1C)C(=O)O. The molecule has 1 saturated heterocycles. The Morgan fingerprint density at radius 1 is 1.22 bits per heavy atom. The average Bonchev–Trinajstić information content (AvgIpc) is 2.41. The number of rotatable bonds is 7. The Morgan fingerprint density at radius 2 is 1.74 bits per heavy atom. The molecule has 0 aromatic heterocycles. The lowest BCUT2D eigenvalue weighted by molar-refractivity contribution is -0.144. The van der Waals surface area contributed by atoms with Crippen molar-refractivity contribution in [3.05, 3.63) is 0 Å². The normalized spacial score (nSPS) is 24.5. The first-order valence-electron chi connectivity index (χ1n) is 8.84. The average molecular weight is 326 g/mol. The number of nitrogens with one attached hydrogen (secondary N) is 1. The van der Waals surface area contributed by atoms with Gasteiger partial charge in [-0.25, -0.2) is 4.79 Å². The summed E-state index contributed by atoms with van der Waals surface area (Å²) in [7, 11) is 0. The Labute approximate surface area is 140 Å². The molecule has 0 bridgehead atoms. The molecule has 0 aliphatic carbocycles. The molecule has 134 valence electrons. The smallest absolute Gasteiger partial charge is 0.326 e. The van der Waals surface area contributed by atoms with Crippen molar-refractivity contribution in [1.29, 1.82) is 0 Å². The van der Waals surface area contributed by atoms with Gasteiger partial charge in [0.1, 0.15) is 6.04 Å². The number of carbonyl (C=O) groups is 2. The maximum Gasteiger partial charge on any atom is 0.326 e. The zero-order chi connectivity index (χ0) is 17.8. The molecule has 1 rings (SSSR count). The summed E-state index contributed by atoms with van der Waals surface area (Å²) in [5, 5.41) is 12.1. The van der Waals surface area contributed by atoms with Gasteiger partial charge in [0.05, 0.1) is 5.41 Å². The first-order chi connectivity index (χ1) is 10.5. The van der Waals surface area contributed by atoms with Gasteiger partial charge in [-0.05, 0) is 52.9 Å². The third-order valence-corrected chi connectivity index (χ3v) is 4.88. The predicted molar refractivity (Wildman–Crippen MR) is 92.3 cm³/mol. The van der Waals surface area contributed by atoms with Crippen molar-refractivity contribution in [2.24, 2.45) is 11.3 Å². The van der Waals surface area contributed by atoms with E-state index in [0.29, 0.717) is 25.0 Å². The van der Waals surface area contributed by atoms with Crippen LogP contribution in [0.1, 0.15) is 67.2 Å². The summed E-state index contributed by atoms with van der Waals surface area (Å²) in [6.45, 7) is 12.8. The van der Waals surface area contributed by atoms with Gasteiger partial charge < -0.3 is 10.4 Å². The molecule has 0 spiro atoms. The van der Waals surface area contributed by atoms with Crippen LogP contribution >= 0.6 is 0 Å². The molecule has 3 atom stereocenters. The second-order valence-electron chi connectivity index (χ2n) is 8.18. The number of amides is 1. The van der Waals surface area contributed by atoms with Crippen molar-refractivity contribution in [3.63, 3.8) is 0 Å². The maximum atomic E-state index is 12.6. The molecule has 0 saturated carbocycles. The fourth-order valence-electron chi connectivity index (χ4n) is 3.36. The van der Waals surface area contributed by atoms with E-state index in [1.807, 2.05) is 27.7 Å². The number of piperidine rings is 1. The minimum absolute atomic E-state index is 0.171. The summed E-state index contributed by atoms with van der Waals surface area (Å²) >= 11 is 0. The van der Waals surface area contributed by atoms with Crippen molar-refractivity contribution in [1.82, 2.24) is 10.2 Å². The summed E-state index contributed by atoms with van der Waals surface area (Å²) in [5.41, 5.74) is -0.607. The zero-order valence-electron chi connectivity index (χ0n) is 15.6. The Hall–Kier alpha value is -1.10. The molecule has 1 amide bonds. The van der Waals surface area contributed by atoms with Crippen LogP contribution in [0.25, 0.3) is 0 Å². The lowest BCUT2D eigenvalue weighted by Crippen LogP contribution is -2.54. The molecule has 0 aromatic carbocycles. The second-order valence-corrected chi connectivity index (χ2v) is 8.18. The van der Waals surface area contributed by atoms with Crippen molar-refractivity contribution in [3.8, 4) is 0 Å². The van der Waals surface area contributed by atoms with Crippen LogP contribution in [0.15, 0.2) is 0 Å².